The minimum Gasteiger partial charge on any atom is -0.323 e. The van der Waals surface area contributed by atoms with Crippen LogP contribution in [0.3, 0.4) is 0 Å². The first-order valence-electron chi connectivity index (χ1n) is 3.97. The summed E-state index contributed by atoms with van der Waals surface area (Å²) in [7, 11) is 0. The van der Waals surface area contributed by atoms with E-state index in [1.807, 2.05) is 30.3 Å². The van der Waals surface area contributed by atoms with Gasteiger partial charge in [0.15, 0.2) is 0 Å². The van der Waals surface area contributed by atoms with E-state index in [-0.39, 0.29) is 6.04 Å². The van der Waals surface area contributed by atoms with Crippen LogP contribution in [0.4, 0.5) is 0 Å². The van der Waals surface area contributed by atoms with E-state index in [1.165, 1.54) is 0 Å². The van der Waals surface area contributed by atoms with Gasteiger partial charge >= 0.3 is 0 Å². The van der Waals surface area contributed by atoms with Crippen molar-refractivity contribution in [3.05, 3.63) is 35.4 Å². The summed E-state index contributed by atoms with van der Waals surface area (Å²) >= 11 is 0. The molecule has 0 aromatic heterocycles. The first kappa shape index (κ1) is 9.32. The van der Waals surface area contributed by atoms with Crippen LogP contribution < -0.4 is 5.73 Å². The van der Waals surface area contributed by atoms with Gasteiger partial charge in [0.05, 0.1) is 12.5 Å². The second kappa shape index (κ2) is 4.30. The van der Waals surface area contributed by atoms with Gasteiger partial charge in [0.2, 0.25) is 0 Å². The van der Waals surface area contributed by atoms with Crippen LogP contribution in [-0.2, 0) is 0 Å². The Morgan fingerprint density at radius 2 is 2.31 bits per heavy atom. The number of nitrogens with two attached hydrogens (primary N) is 1. The zero-order valence-electron chi connectivity index (χ0n) is 7.20. The molecule has 2 heteroatoms. The molecule has 0 bridgehead atoms. The van der Waals surface area contributed by atoms with E-state index in [0.29, 0.717) is 6.42 Å². The average Bonchev–Trinajstić information content (AvgIpc) is 2.18. The Morgan fingerprint density at radius 3 is 2.92 bits per heavy atom. The SMILES string of the molecule is C#Cc1cccc([C@H](N)CC#N)c1. The molecule has 1 aromatic rings. The van der Waals surface area contributed by atoms with E-state index >= 15 is 0 Å². The van der Waals surface area contributed by atoms with E-state index in [2.05, 4.69) is 5.92 Å². The maximum Gasteiger partial charge on any atom is 0.0641 e. The highest BCUT2D eigenvalue weighted by Crippen LogP contribution is 2.14. The summed E-state index contributed by atoms with van der Waals surface area (Å²) in [6.45, 7) is 0. The molecule has 0 spiro atoms. The Kier molecular flexibility index (Phi) is 3.09. The van der Waals surface area contributed by atoms with Gasteiger partial charge in [0, 0.05) is 11.6 Å². The summed E-state index contributed by atoms with van der Waals surface area (Å²) < 4.78 is 0. The molecule has 13 heavy (non-hydrogen) atoms. The van der Waals surface area contributed by atoms with Gasteiger partial charge in [-0.15, -0.1) is 6.42 Å². The van der Waals surface area contributed by atoms with Crippen molar-refractivity contribution in [2.45, 2.75) is 12.5 Å². The number of nitriles is 1. The zero-order valence-corrected chi connectivity index (χ0v) is 7.20. The van der Waals surface area contributed by atoms with Gasteiger partial charge in [-0.3, -0.25) is 0 Å². The highest BCUT2D eigenvalue weighted by Gasteiger charge is 2.04. The van der Waals surface area contributed by atoms with Gasteiger partial charge in [-0.05, 0) is 17.7 Å². The van der Waals surface area contributed by atoms with Crippen molar-refractivity contribution in [1.82, 2.24) is 0 Å². The lowest BCUT2D eigenvalue weighted by atomic mass is 10.0. The summed E-state index contributed by atoms with van der Waals surface area (Å²) in [5.41, 5.74) is 7.45. The van der Waals surface area contributed by atoms with Crippen molar-refractivity contribution in [2.75, 3.05) is 0 Å². The average molecular weight is 170 g/mol. The third-order valence-corrected chi connectivity index (χ3v) is 1.79. The first-order valence-corrected chi connectivity index (χ1v) is 3.97. The van der Waals surface area contributed by atoms with Crippen molar-refractivity contribution in [2.24, 2.45) is 5.73 Å². The van der Waals surface area contributed by atoms with Gasteiger partial charge < -0.3 is 5.73 Å². The first-order chi connectivity index (χ1) is 6.27. The molecule has 2 nitrogen and oxygen atoms in total. The zero-order chi connectivity index (χ0) is 9.68. The number of hydrogen-bond acceptors (Lipinski definition) is 2. The van der Waals surface area contributed by atoms with E-state index in [1.54, 1.807) is 0 Å². The standard InChI is InChI=1S/C11H10N2/c1-2-9-4-3-5-10(8-9)11(13)6-7-12/h1,3-5,8,11H,6,13H2/t11-/m1/s1. The number of nitrogens with zero attached hydrogens (tertiary/aromatic N) is 1. The summed E-state index contributed by atoms with van der Waals surface area (Å²) in [5.74, 6) is 2.53. The Labute approximate surface area is 78.0 Å². The van der Waals surface area contributed by atoms with Crippen molar-refractivity contribution in [1.29, 1.82) is 5.26 Å². The molecule has 0 heterocycles. The van der Waals surface area contributed by atoms with E-state index in [4.69, 9.17) is 17.4 Å². The van der Waals surface area contributed by atoms with Crippen molar-refractivity contribution in [3.63, 3.8) is 0 Å². The summed E-state index contributed by atoms with van der Waals surface area (Å²) in [6.07, 6.45) is 5.55. The molecule has 0 aliphatic rings. The molecule has 0 aliphatic carbocycles. The number of benzene rings is 1. The van der Waals surface area contributed by atoms with Gasteiger partial charge in [-0.2, -0.15) is 5.26 Å². The van der Waals surface area contributed by atoms with Crippen LogP contribution in [0.5, 0.6) is 0 Å². The Bertz CT molecular complexity index is 368. The second-order valence-corrected chi connectivity index (χ2v) is 2.74. The highest BCUT2D eigenvalue weighted by molar-refractivity contribution is 5.36. The molecule has 0 fully saturated rings. The van der Waals surface area contributed by atoms with Gasteiger partial charge in [-0.25, -0.2) is 0 Å². The normalized spacial score (nSPS) is 11.3. The van der Waals surface area contributed by atoms with Crippen molar-refractivity contribution >= 4 is 0 Å². The predicted molar refractivity (Wildman–Crippen MR) is 51.5 cm³/mol. The molecule has 0 saturated carbocycles. The lowest BCUT2D eigenvalue weighted by molar-refractivity contribution is 0.748. The topological polar surface area (TPSA) is 49.8 Å². The number of rotatable bonds is 2. The fraction of sp³-hybridized carbons (Fsp3) is 0.182. The lowest BCUT2D eigenvalue weighted by Gasteiger charge is -2.07. The summed E-state index contributed by atoms with van der Waals surface area (Å²) in [5, 5.41) is 8.45. The minimum atomic E-state index is -0.238. The van der Waals surface area contributed by atoms with Crippen LogP contribution >= 0.6 is 0 Å². The molecule has 0 amide bonds. The Balaban J connectivity index is 2.91. The highest BCUT2D eigenvalue weighted by atomic mass is 14.6. The molecule has 1 atom stereocenters. The van der Waals surface area contributed by atoms with Crippen LogP contribution in [0.2, 0.25) is 0 Å². The molecule has 1 aromatic carbocycles. The molecule has 0 radical (unpaired) electrons. The number of terminal acetylenes is 1. The molecular weight excluding hydrogens is 160 g/mol. The van der Waals surface area contributed by atoms with Gasteiger partial charge in [0.1, 0.15) is 0 Å². The van der Waals surface area contributed by atoms with Gasteiger partial charge in [-0.1, -0.05) is 18.1 Å². The van der Waals surface area contributed by atoms with Gasteiger partial charge in [0.25, 0.3) is 0 Å². The minimum absolute atomic E-state index is 0.238. The second-order valence-electron chi connectivity index (χ2n) is 2.74. The quantitative estimate of drug-likeness (QED) is 0.685. The van der Waals surface area contributed by atoms with Crippen LogP contribution in [0.15, 0.2) is 24.3 Å². The molecule has 2 N–H and O–H groups in total. The monoisotopic (exact) mass is 170 g/mol. The lowest BCUT2D eigenvalue weighted by Crippen LogP contribution is -2.09. The van der Waals surface area contributed by atoms with Crippen LogP contribution in [0, 0.1) is 23.7 Å². The molecule has 1 rings (SSSR count). The maximum absolute atomic E-state index is 8.45. The molecule has 0 aliphatic heterocycles. The molecule has 0 saturated heterocycles. The predicted octanol–water partition coefficient (Wildman–Crippen LogP) is 1.58. The maximum atomic E-state index is 8.45. The Hall–Kier alpha value is -1.77. The van der Waals surface area contributed by atoms with Crippen LogP contribution in [0.1, 0.15) is 23.6 Å². The fourth-order valence-electron chi connectivity index (χ4n) is 1.08. The molecular formula is C11H10N2. The van der Waals surface area contributed by atoms with E-state index in [9.17, 15) is 0 Å². The largest absolute Gasteiger partial charge is 0.323 e. The van der Waals surface area contributed by atoms with Crippen LogP contribution in [0.25, 0.3) is 0 Å². The number of hydrogen-bond donors (Lipinski definition) is 1. The van der Waals surface area contributed by atoms with E-state index < -0.39 is 0 Å². The third kappa shape index (κ3) is 2.33. The smallest absolute Gasteiger partial charge is 0.0641 e. The van der Waals surface area contributed by atoms with Crippen molar-refractivity contribution in [3.8, 4) is 18.4 Å². The molecule has 0 unspecified atom stereocenters. The fourth-order valence-corrected chi connectivity index (χ4v) is 1.08. The summed E-state index contributed by atoms with van der Waals surface area (Å²) in [4.78, 5) is 0. The summed E-state index contributed by atoms with van der Waals surface area (Å²) in [6, 6.07) is 9.19. The Morgan fingerprint density at radius 1 is 1.54 bits per heavy atom. The third-order valence-electron chi connectivity index (χ3n) is 1.79. The van der Waals surface area contributed by atoms with E-state index in [0.717, 1.165) is 11.1 Å². The van der Waals surface area contributed by atoms with Crippen molar-refractivity contribution < 1.29 is 0 Å². The van der Waals surface area contributed by atoms with Crippen LogP contribution in [-0.4, -0.2) is 0 Å². The molecule has 64 valence electrons.